The second-order valence-corrected chi connectivity index (χ2v) is 5.40. The maximum Gasteiger partial charge on any atom is 0.233 e. The molecule has 1 aromatic carbocycles. The van der Waals surface area contributed by atoms with Gasteiger partial charge in [0.2, 0.25) is 11.7 Å². The summed E-state index contributed by atoms with van der Waals surface area (Å²) in [4.78, 5) is 8.57. The second kappa shape index (κ2) is 4.71. The molecule has 0 amide bonds. The Bertz CT molecular complexity index is 908. The number of fused-ring (bicyclic) bond motifs is 1. The van der Waals surface area contributed by atoms with E-state index in [0.717, 1.165) is 22.2 Å². The lowest BCUT2D eigenvalue weighted by Gasteiger charge is -1.89. The van der Waals surface area contributed by atoms with Crippen molar-refractivity contribution in [3.8, 4) is 11.4 Å². The molecular weight excluding hydrogens is 288 g/mol. The lowest BCUT2D eigenvalue weighted by molar-refractivity contribution is 0.385. The number of rotatable bonds is 3. The minimum atomic E-state index is 0.469. The van der Waals surface area contributed by atoms with Crippen molar-refractivity contribution in [1.29, 1.82) is 0 Å². The maximum atomic E-state index is 5.61. The SMILES string of the molecule is Nc1nc(Cc2nc(-c3coc4ccccc34)no2)cs1. The zero-order valence-corrected chi connectivity index (χ0v) is 11.6. The first kappa shape index (κ1) is 12.1. The Balaban J connectivity index is 1.68. The van der Waals surface area contributed by atoms with Crippen LogP contribution in [0.25, 0.3) is 22.4 Å². The molecule has 0 aliphatic rings. The molecule has 0 aliphatic carbocycles. The molecule has 0 atom stereocenters. The number of nitrogens with zero attached hydrogens (tertiary/aromatic N) is 3. The number of thiazole rings is 1. The summed E-state index contributed by atoms with van der Waals surface area (Å²) < 4.78 is 10.8. The van der Waals surface area contributed by atoms with Gasteiger partial charge in [0, 0.05) is 10.8 Å². The molecule has 4 aromatic rings. The van der Waals surface area contributed by atoms with E-state index in [1.54, 1.807) is 6.26 Å². The standard InChI is InChI=1S/C14H10N4O2S/c15-14-16-8(7-21-14)5-12-17-13(18-20-12)10-6-19-11-4-2-1-3-9(10)11/h1-4,6-7H,5H2,(H2,15,16). The molecule has 0 saturated carbocycles. The molecule has 7 heteroatoms. The molecule has 3 heterocycles. The van der Waals surface area contributed by atoms with Crippen molar-refractivity contribution in [2.24, 2.45) is 0 Å². The Labute approximate surface area is 123 Å². The number of anilines is 1. The molecule has 6 nitrogen and oxygen atoms in total. The largest absolute Gasteiger partial charge is 0.464 e. The lowest BCUT2D eigenvalue weighted by atomic mass is 10.2. The summed E-state index contributed by atoms with van der Waals surface area (Å²) >= 11 is 1.39. The first-order valence-corrected chi connectivity index (χ1v) is 7.16. The normalized spacial score (nSPS) is 11.2. The van der Waals surface area contributed by atoms with Gasteiger partial charge < -0.3 is 14.7 Å². The molecule has 21 heavy (non-hydrogen) atoms. The average molecular weight is 298 g/mol. The Hall–Kier alpha value is -2.67. The van der Waals surface area contributed by atoms with Crippen molar-refractivity contribution < 1.29 is 8.94 Å². The molecule has 0 bridgehead atoms. The van der Waals surface area contributed by atoms with Gasteiger partial charge >= 0.3 is 0 Å². The van der Waals surface area contributed by atoms with Gasteiger partial charge in [0.05, 0.1) is 17.7 Å². The lowest BCUT2D eigenvalue weighted by Crippen LogP contribution is -1.90. The quantitative estimate of drug-likeness (QED) is 0.625. The Morgan fingerprint density at radius 3 is 2.95 bits per heavy atom. The summed E-state index contributed by atoms with van der Waals surface area (Å²) in [7, 11) is 0. The first-order valence-electron chi connectivity index (χ1n) is 6.28. The van der Waals surface area contributed by atoms with E-state index < -0.39 is 0 Å². The van der Waals surface area contributed by atoms with E-state index in [1.807, 2.05) is 29.6 Å². The van der Waals surface area contributed by atoms with Gasteiger partial charge in [0.15, 0.2) is 5.13 Å². The summed E-state index contributed by atoms with van der Waals surface area (Å²) in [5.74, 6) is 1.01. The second-order valence-electron chi connectivity index (χ2n) is 4.51. The van der Waals surface area contributed by atoms with E-state index >= 15 is 0 Å². The van der Waals surface area contributed by atoms with Crippen LogP contribution in [-0.4, -0.2) is 15.1 Å². The van der Waals surface area contributed by atoms with Crippen molar-refractivity contribution in [3.63, 3.8) is 0 Å². The highest BCUT2D eigenvalue weighted by atomic mass is 32.1. The number of para-hydroxylation sites is 1. The fourth-order valence-electron chi connectivity index (χ4n) is 2.15. The Morgan fingerprint density at radius 2 is 2.10 bits per heavy atom. The molecule has 104 valence electrons. The van der Waals surface area contributed by atoms with E-state index in [9.17, 15) is 0 Å². The number of benzene rings is 1. The Morgan fingerprint density at radius 1 is 1.19 bits per heavy atom. The Kier molecular flexibility index (Phi) is 2.71. The highest BCUT2D eigenvalue weighted by Crippen LogP contribution is 2.28. The number of nitrogens with two attached hydrogens (primary N) is 1. The van der Waals surface area contributed by atoms with Crippen LogP contribution in [0.5, 0.6) is 0 Å². The summed E-state index contributed by atoms with van der Waals surface area (Å²) in [5, 5.41) is 7.39. The third-order valence-electron chi connectivity index (χ3n) is 3.09. The van der Waals surface area contributed by atoms with Crippen LogP contribution in [0.2, 0.25) is 0 Å². The number of nitrogen functional groups attached to an aromatic ring is 1. The van der Waals surface area contributed by atoms with Crippen LogP contribution in [0.1, 0.15) is 11.6 Å². The van der Waals surface area contributed by atoms with E-state index in [-0.39, 0.29) is 0 Å². The topological polar surface area (TPSA) is 91.0 Å². The van der Waals surface area contributed by atoms with Crippen LogP contribution in [0.3, 0.4) is 0 Å². The zero-order valence-electron chi connectivity index (χ0n) is 10.8. The highest BCUT2D eigenvalue weighted by Gasteiger charge is 2.15. The van der Waals surface area contributed by atoms with Crippen LogP contribution in [0, 0.1) is 0 Å². The molecule has 0 aliphatic heterocycles. The predicted octanol–water partition coefficient (Wildman–Crippen LogP) is 3.11. The molecule has 4 rings (SSSR count). The third kappa shape index (κ3) is 2.17. The van der Waals surface area contributed by atoms with Gasteiger partial charge in [-0.1, -0.05) is 23.4 Å². The third-order valence-corrected chi connectivity index (χ3v) is 3.81. The molecule has 0 radical (unpaired) electrons. The summed E-state index contributed by atoms with van der Waals surface area (Å²) in [6.45, 7) is 0. The summed E-state index contributed by atoms with van der Waals surface area (Å²) in [6, 6.07) is 7.73. The molecule has 0 fully saturated rings. The summed E-state index contributed by atoms with van der Waals surface area (Å²) in [6.07, 6.45) is 2.11. The molecule has 2 N–H and O–H groups in total. The smallest absolute Gasteiger partial charge is 0.233 e. The van der Waals surface area contributed by atoms with Crippen molar-refractivity contribution >= 4 is 27.4 Å². The average Bonchev–Trinajstić information content (AvgIpc) is 3.19. The molecular formula is C14H10N4O2S. The first-order chi connectivity index (χ1) is 10.3. The monoisotopic (exact) mass is 298 g/mol. The van der Waals surface area contributed by atoms with Gasteiger partial charge in [-0.15, -0.1) is 11.3 Å². The minimum absolute atomic E-state index is 0.469. The van der Waals surface area contributed by atoms with Crippen molar-refractivity contribution in [1.82, 2.24) is 15.1 Å². The van der Waals surface area contributed by atoms with E-state index in [1.165, 1.54) is 11.3 Å². The maximum absolute atomic E-state index is 5.61. The predicted molar refractivity (Wildman–Crippen MR) is 78.8 cm³/mol. The number of furan rings is 1. The van der Waals surface area contributed by atoms with Crippen molar-refractivity contribution in [2.45, 2.75) is 6.42 Å². The molecule has 0 unspecified atom stereocenters. The van der Waals surface area contributed by atoms with Gasteiger partial charge in [-0.3, -0.25) is 0 Å². The number of hydrogen-bond donors (Lipinski definition) is 1. The van der Waals surface area contributed by atoms with Gasteiger partial charge in [-0.2, -0.15) is 4.98 Å². The van der Waals surface area contributed by atoms with Crippen LogP contribution in [0.4, 0.5) is 5.13 Å². The van der Waals surface area contributed by atoms with Gasteiger partial charge in [-0.05, 0) is 6.07 Å². The number of aromatic nitrogens is 3. The van der Waals surface area contributed by atoms with Gasteiger partial charge in [0.1, 0.15) is 11.8 Å². The zero-order chi connectivity index (χ0) is 14.2. The molecule has 0 saturated heterocycles. The van der Waals surface area contributed by atoms with Gasteiger partial charge in [-0.25, -0.2) is 4.98 Å². The molecule has 0 spiro atoms. The van der Waals surface area contributed by atoms with Crippen molar-refractivity contribution in [2.75, 3.05) is 5.73 Å². The van der Waals surface area contributed by atoms with Crippen LogP contribution < -0.4 is 5.73 Å². The van der Waals surface area contributed by atoms with Crippen LogP contribution in [-0.2, 0) is 6.42 Å². The minimum Gasteiger partial charge on any atom is -0.464 e. The van der Waals surface area contributed by atoms with Crippen molar-refractivity contribution in [3.05, 3.63) is 47.5 Å². The van der Waals surface area contributed by atoms with Crippen LogP contribution >= 0.6 is 11.3 Å². The van der Waals surface area contributed by atoms with E-state index in [2.05, 4.69) is 15.1 Å². The highest BCUT2D eigenvalue weighted by molar-refractivity contribution is 7.13. The van der Waals surface area contributed by atoms with E-state index in [0.29, 0.717) is 23.3 Å². The number of hydrogen-bond acceptors (Lipinski definition) is 7. The van der Waals surface area contributed by atoms with Crippen LogP contribution in [0.15, 0.2) is 44.8 Å². The summed E-state index contributed by atoms with van der Waals surface area (Å²) in [5.41, 5.74) is 8.04. The fourth-order valence-corrected chi connectivity index (χ4v) is 2.71. The van der Waals surface area contributed by atoms with Gasteiger partial charge in [0.25, 0.3) is 0 Å². The fraction of sp³-hybridized carbons (Fsp3) is 0.0714. The molecule has 3 aromatic heterocycles. The van der Waals surface area contributed by atoms with E-state index in [4.69, 9.17) is 14.7 Å².